The van der Waals surface area contributed by atoms with Gasteiger partial charge in [-0.2, -0.15) is 5.21 Å². The Balaban J connectivity index is 1.21. The van der Waals surface area contributed by atoms with Crippen molar-refractivity contribution in [1.82, 2.24) is 36.2 Å². The standard InChI is InChI=1S/C29H34N8O5/c38-19-7-5-15(6-8-19)9-24(33-27(41)22-12-16-11-21(22)26(40)25(16)39)28(42)32-18(14-31-29-34-36-37-35-29)10-17-13-30-23-4-2-1-3-20(17)23/h1-8,13,16,18,21-22,24-26,30,38-40H,9-12,14H2,(H,32,42)(H,33,41)(H2,31,34,35,36,37)/t16-,18+,21+,22-,24+,25-,26+/m1/s1. The van der Waals surface area contributed by atoms with E-state index in [2.05, 4.69) is 41.6 Å². The van der Waals surface area contributed by atoms with E-state index >= 15 is 0 Å². The third kappa shape index (κ3) is 5.78. The van der Waals surface area contributed by atoms with Crippen molar-refractivity contribution in [3.8, 4) is 5.75 Å². The highest BCUT2D eigenvalue weighted by Crippen LogP contribution is 2.48. The minimum Gasteiger partial charge on any atom is -0.508 e. The fourth-order valence-electron chi connectivity index (χ4n) is 6.45. The molecule has 6 rings (SSSR count). The maximum Gasteiger partial charge on any atom is 0.263 e. The minimum absolute atomic E-state index is 0.102. The molecule has 0 radical (unpaired) electrons. The quantitative estimate of drug-likeness (QED) is 0.126. The summed E-state index contributed by atoms with van der Waals surface area (Å²) in [5.74, 6) is -1.24. The first-order chi connectivity index (χ1) is 20.4. The Kier molecular flexibility index (Phi) is 7.76. The van der Waals surface area contributed by atoms with E-state index in [9.17, 15) is 24.9 Å². The minimum atomic E-state index is -0.944. The molecule has 2 heterocycles. The normalized spacial score (nSPS) is 24.4. The molecular formula is C29H34N8O5. The number of phenols is 1. The molecule has 2 aromatic carbocycles. The van der Waals surface area contributed by atoms with Crippen molar-refractivity contribution in [3.63, 3.8) is 0 Å². The molecule has 0 aliphatic heterocycles. The Morgan fingerprint density at radius 1 is 1.00 bits per heavy atom. The summed E-state index contributed by atoms with van der Waals surface area (Å²) >= 11 is 0. The van der Waals surface area contributed by atoms with Crippen LogP contribution in [0.3, 0.4) is 0 Å². The van der Waals surface area contributed by atoms with Gasteiger partial charge in [0.05, 0.1) is 18.2 Å². The number of nitrogens with one attached hydrogen (secondary N) is 5. The van der Waals surface area contributed by atoms with Gasteiger partial charge in [-0.15, -0.1) is 5.10 Å². The van der Waals surface area contributed by atoms with Crippen LogP contribution in [-0.4, -0.2) is 83.6 Å². The summed E-state index contributed by atoms with van der Waals surface area (Å²) < 4.78 is 0. The fourth-order valence-corrected chi connectivity index (χ4v) is 6.45. The Morgan fingerprint density at radius 3 is 2.55 bits per heavy atom. The van der Waals surface area contributed by atoms with Crippen LogP contribution in [-0.2, 0) is 22.4 Å². The van der Waals surface area contributed by atoms with Gasteiger partial charge in [0.2, 0.25) is 11.8 Å². The zero-order valence-electron chi connectivity index (χ0n) is 22.8. The van der Waals surface area contributed by atoms with Crippen molar-refractivity contribution in [2.24, 2.45) is 17.8 Å². The molecule has 220 valence electrons. The number of para-hydroxylation sites is 1. The SMILES string of the molecule is O=C(N[C@H](CNc1nn[nH]n1)Cc1c[nH]c2ccccc12)[C@H](Cc1ccc(O)cc1)NC(=O)[C@@H]1C[C@H]2C[C@@H]1[C@H](O)[C@@H]2O. The van der Waals surface area contributed by atoms with Crippen LogP contribution in [0.1, 0.15) is 24.0 Å². The van der Waals surface area contributed by atoms with Crippen LogP contribution >= 0.6 is 0 Å². The summed E-state index contributed by atoms with van der Waals surface area (Å²) in [6.07, 6.45) is 1.90. The largest absolute Gasteiger partial charge is 0.508 e. The van der Waals surface area contributed by atoms with Gasteiger partial charge in [-0.3, -0.25) is 9.59 Å². The van der Waals surface area contributed by atoms with Gasteiger partial charge in [0.15, 0.2) is 0 Å². The Labute approximate surface area is 241 Å². The second-order valence-corrected chi connectivity index (χ2v) is 11.3. The number of phenolic OH excluding ortho intramolecular Hbond substituents is 1. The van der Waals surface area contributed by atoms with Gasteiger partial charge in [-0.05, 0) is 65.6 Å². The summed E-state index contributed by atoms with van der Waals surface area (Å²) in [6, 6.07) is 13.1. The lowest BCUT2D eigenvalue weighted by Gasteiger charge is -2.30. The lowest BCUT2D eigenvalue weighted by atomic mass is 9.84. The number of rotatable bonds is 11. The molecule has 13 heteroatoms. The number of benzene rings is 2. The first kappa shape index (κ1) is 27.7. The van der Waals surface area contributed by atoms with Crippen molar-refractivity contribution in [2.45, 2.75) is 50.0 Å². The molecule has 2 saturated carbocycles. The third-order valence-electron chi connectivity index (χ3n) is 8.61. The number of aliphatic hydroxyl groups is 2. The summed E-state index contributed by atoms with van der Waals surface area (Å²) in [7, 11) is 0. The van der Waals surface area contributed by atoms with Gasteiger partial charge < -0.3 is 36.3 Å². The Morgan fingerprint density at radius 2 is 1.81 bits per heavy atom. The number of aromatic nitrogens is 5. The number of nitrogens with zero attached hydrogens (tertiary/aromatic N) is 3. The molecule has 2 aliphatic rings. The first-order valence-electron chi connectivity index (χ1n) is 14.1. The molecule has 13 nitrogen and oxygen atoms in total. The highest BCUT2D eigenvalue weighted by atomic mass is 16.3. The number of H-pyrrole nitrogens is 2. The van der Waals surface area contributed by atoms with E-state index in [0.29, 0.717) is 31.8 Å². The van der Waals surface area contributed by atoms with Crippen LogP contribution < -0.4 is 16.0 Å². The van der Waals surface area contributed by atoms with Gasteiger partial charge in [0.1, 0.15) is 11.8 Å². The number of carbonyl (C=O) groups is 2. The molecule has 2 bridgehead atoms. The number of tetrazole rings is 1. The van der Waals surface area contributed by atoms with Crippen LogP contribution in [0.15, 0.2) is 54.7 Å². The number of hydrogen-bond acceptors (Lipinski definition) is 9. The van der Waals surface area contributed by atoms with E-state index in [-0.39, 0.29) is 35.8 Å². The average molecular weight is 575 g/mol. The third-order valence-corrected chi connectivity index (χ3v) is 8.61. The van der Waals surface area contributed by atoms with Gasteiger partial charge in [-0.1, -0.05) is 35.4 Å². The Bertz CT molecular complexity index is 1520. The number of amides is 2. The second kappa shape index (κ2) is 11.8. The molecule has 42 heavy (non-hydrogen) atoms. The molecule has 7 atom stereocenters. The van der Waals surface area contributed by atoms with E-state index in [4.69, 9.17) is 0 Å². The highest BCUT2D eigenvalue weighted by molar-refractivity contribution is 5.89. The molecule has 2 aliphatic carbocycles. The van der Waals surface area contributed by atoms with E-state index < -0.39 is 30.2 Å². The lowest BCUT2D eigenvalue weighted by Crippen LogP contribution is -2.54. The molecule has 2 aromatic heterocycles. The molecule has 0 unspecified atom stereocenters. The molecule has 2 fully saturated rings. The van der Waals surface area contributed by atoms with Gasteiger partial charge in [0.25, 0.3) is 5.95 Å². The average Bonchev–Trinajstić information content (AvgIpc) is 3.79. The number of aromatic hydroxyl groups is 1. The number of fused-ring (bicyclic) bond motifs is 3. The van der Waals surface area contributed by atoms with Gasteiger partial charge in [-0.25, -0.2) is 0 Å². The van der Waals surface area contributed by atoms with E-state index in [1.165, 1.54) is 12.1 Å². The van der Waals surface area contributed by atoms with Crippen LogP contribution in [0.2, 0.25) is 0 Å². The van der Waals surface area contributed by atoms with Crippen molar-refractivity contribution in [2.75, 3.05) is 11.9 Å². The predicted octanol–water partition coefficient (Wildman–Crippen LogP) is 0.631. The van der Waals surface area contributed by atoms with Crippen LogP contribution in [0.5, 0.6) is 5.75 Å². The molecule has 4 aromatic rings. The van der Waals surface area contributed by atoms with E-state index in [1.807, 2.05) is 30.5 Å². The molecule has 8 N–H and O–H groups in total. The monoisotopic (exact) mass is 574 g/mol. The molecule has 0 saturated heterocycles. The summed E-state index contributed by atoms with van der Waals surface area (Å²) in [6.45, 7) is 0.293. The number of anilines is 1. The highest BCUT2D eigenvalue weighted by Gasteiger charge is 2.54. The topological polar surface area (TPSA) is 201 Å². The van der Waals surface area contributed by atoms with E-state index in [0.717, 1.165) is 22.0 Å². The zero-order valence-corrected chi connectivity index (χ0v) is 22.8. The molecule has 0 spiro atoms. The number of aromatic amines is 2. The first-order valence-corrected chi connectivity index (χ1v) is 14.1. The van der Waals surface area contributed by atoms with Crippen molar-refractivity contribution in [1.29, 1.82) is 0 Å². The zero-order chi connectivity index (χ0) is 29.2. The van der Waals surface area contributed by atoms with E-state index in [1.54, 1.807) is 12.1 Å². The van der Waals surface area contributed by atoms with Crippen molar-refractivity contribution in [3.05, 3.63) is 65.9 Å². The Hall–Kier alpha value is -4.49. The summed E-state index contributed by atoms with van der Waals surface area (Å²) in [5, 5.41) is 54.3. The molecule has 2 amide bonds. The van der Waals surface area contributed by atoms with Crippen molar-refractivity contribution < 1.29 is 24.9 Å². The van der Waals surface area contributed by atoms with Gasteiger partial charge >= 0.3 is 0 Å². The summed E-state index contributed by atoms with van der Waals surface area (Å²) in [5.41, 5.74) is 2.76. The maximum absolute atomic E-state index is 13.9. The maximum atomic E-state index is 13.9. The van der Waals surface area contributed by atoms with Crippen LogP contribution in [0.4, 0.5) is 5.95 Å². The number of aliphatic hydroxyl groups excluding tert-OH is 2. The van der Waals surface area contributed by atoms with Crippen molar-refractivity contribution >= 4 is 28.7 Å². The second-order valence-electron chi connectivity index (χ2n) is 11.3. The van der Waals surface area contributed by atoms with Crippen LogP contribution in [0.25, 0.3) is 10.9 Å². The number of carbonyl (C=O) groups excluding carboxylic acids is 2. The number of hydrogen-bond donors (Lipinski definition) is 8. The predicted molar refractivity (Wildman–Crippen MR) is 152 cm³/mol. The lowest BCUT2D eigenvalue weighted by molar-refractivity contribution is -0.135. The van der Waals surface area contributed by atoms with Gasteiger partial charge in [0, 0.05) is 36.0 Å². The molecular weight excluding hydrogens is 540 g/mol. The smallest absolute Gasteiger partial charge is 0.263 e. The summed E-state index contributed by atoms with van der Waals surface area (Å²) in [4.78, 5) is 30.6. The van der Waals surface area contributed by atoms with Crippen LogP contribution in [0, 0.1) is 17.8 Å². The fraction of sp³-hybridized carbons (Fsp3) is 0.414.